The van der Waals surface area contributed by atoms with Gasteiger partial charge < -0.3 is 16.0 Å². The zero-order chi connectivity index (χ0) is 16.0. The van der Waals surface area contributed by atoms with Gasteiger partial charge in [-0.1, -0.05) is 28.1 Å². The highest BCUT2D eigenvalue weighted by Gasteiger charge is 2.15. The quantitative estimate of drug-likeness (QED) is 0.776. The van der Waals surface area contributed by atoms with Crippen LogP contribution in [-0.4, -0.2) is 24.0 Å². The molecule has 1 aromatic rings. The Morgan fingerprint density at radius 2 is 1.95 bits per heavy atom. The molecule has 116 valence electrons. The van der Waals surface area contributed by atoms with Crippen molar-refractivity contribution in [1.29, 1.82) is 0 Å². The number of hydrogen-bond donors (Lipinski definition) is 3. The van der Waals surface area contributed by atoms with E-state index in [2.05, 4.69) is 31.9 Å². The van der Waals surface area contributed by atoms with Gasteiger partial charge in [-0.25, -0.2) is 4.79 Å². The van der Waals surface area contributed by atoms with Gasteiger partial charge in [0.15, 0.2) is 0 Å². The maximum Gasteiger partial charge on any atom is 0.315 e. The summed E-state index contributed by atoms with van der Waals surface area (Å²) < 4.78 is 0.957. The molecule has 21 heavy (non-hydrogen) atoms. The van der Waals surface area contributed by atoms with Crippen LogP contribution in [0.25, 0.3) is 0 Å². The van der Waals surface area contributed by atoms with E-state index in [-0.39, 0.29) is 30.1 Å². The molecular formula is C15H22BrN3O2. The minimum absolute atomic E-state index is 0.0473. The number of halogens is 1. The van der Waals surface area contributed by atoms with Gasteiger partial charge in [0.2, 0.25) is 5.91 Å². The van der Waals surface area contributed by atoms with E-state index in [1.54, 1.807) is 0 Å². The molecule has 1 unspecified atom stereocenters. The molecular weight excluding hydrogens is 334 g/mol. The second-order valence-electron chi connectivity index (χ2n) is 5.90. The smallest absolute Gasteiger partial charge is 0.315 e. The Balaban J connectivity index is 2.42. The monoisotopic (exact) mass is 355 g/mol. The molecule has 5 nitrogen and oxygen atoms in total. The van der Waals surface area contributed by atoms with Gasteiger partial charge in [-0.2, -0.15) is 0 Å². The number of amides is 3. The molecule has 3 amide bonds. The number of carbonyl (C=O) groups is 2. The molecule has 0 aliphatic carbocycles. The fraction of sp³-hybridized carbons (Fsp3) is 0.467. The second-order valence-corrected chi connectivity index (χ2v) is 6.82. The molecule has 0 radical (unpaired) electrons. The SMILES string of the molecule is CC(NC(=O)NCC(=O)NC(C)(C)C)c1cccc(Br)c1. The Kier molecular flexibility index (Phi) is 6.20. The summed E-state index contributed by atoms with van der Waals surface area (Å²) in [6, 6.07) is 7.19. The van der Waals surface area contributed by atoms with E-state index in [0.29, 0.717) is 0 Å². The number of rotatable bonds is 4. The number of urea groups is 1. The van der Waals surface area contributed by atoms with E-state index in [1.165, 1.54) is 0 Å². The number of hydrogen-bond acceptors (Lipinski definition) is 2. The van der Waals surface area contributed by atoms with Gasteiger partial charge in [-0.3, -0.25) is 4.79 Å². The first-order valence-corrected chi connectivity index (χ1v) is 7.57. The van der Waals surface area contributed by atoms with Crippen molar-refractivity contribution in [3.8, 4) is 0 Å². The Hall–Kier alpha value is -1.56. The first kappa shape index (κ1) is 17.5. The lowest BCUT2D eigenvalue weighted by Crippen LogP contribution is -2.47. The molecule has 0 heterocycles. The Bertz CT molecular complexity index is 512. The average molecular weight is 356 g/mol. The van der Waals surface area contributed by atoms with Crippen LogP contribution < -0.4 is 16.0 Å². The standard InChI is InChI=1S/C15H22BrN3O2/c1-10(11-6-5-7-12(16)8-11)18-14(21)17-9-13(20)19-15(2,3)4/h5-8,10H,9H2,1-4H3,(H,19,20)(H2,17,18,21). The van der Waals surface area contributed by atoms with Crippen LogP contribution in [0, 0.1) is 0 Å². The van der Waals surface area contributed by atoms with Crippen LogP contribution in [-0.2, 0) is 4.79 Å². The summed E-state index contributed by atoms with van der Waals surface area (Å²) in [6.07, 6.45) is 0. The third-order valence-electron chi connectivity index (χ3n) is 2.62. The normalized spacial score (nSPS) is 12.4. The summed E-state index contributed by atoms with van der Waals surface area (Å²) in [7, 11) is 0. The van der Waals surface area contributed by atoms with Crippen molar-refractivity contribution in [3.05, 3.63) is 34.3 Å². The maximum atomic E-state index is 11.8. The second kappa shape index (κ2) is 7.45. The molecule has 0 aliphatic rings. The fourth-order valence-electron chi connectivity index (χ4n) is 1.73. The molecule has 0 aromatic heterocycles. The summed E-state index contributed by atoms with van der Waals surface area (Å²) >= 11 is 3.39. The van der Waals surface area contributed by atoms with Crippen molar-refractivity contribution in [2.75, 3.05) is 6.54 Å². The minimum atomic E-state index is -0.369. The van der Waals surface area contributed by atoms with E-state index < -0.39 is 0 Å². The van der Waals surface area contributed by atoms with Crippen molar-refractivity contribution in [1.82, 2.24) is 16.0 Å². The molecule has 1 atom stereocenters. The summed E-state index contributed by atoms with van der Waals surface area (Å²) in [4.78, 5) is 23.4. The molecule has 0 saturated heterocycles. The van der Waals surface area contributed by atoms with Crippen LogP contribution in [0.5, 0.6) is 0 Å². The van der Waals surface area contributed by atoms with E-state index in [1.807, 2.05) is 52.0 Å². The van der Waals surface area contributed by atoms with E-state index >= 15 is 0 Å². The third-order valence-corrected chi connectivity index (χ3v) is 3.11. The lowest BCUT2D eigenvalue weighted by molar-refractivity contribution is -0.121. The average Bonchev–Trinajstić information content (AvgIpc) is 2.34. The van der Waals surface area contributed by atoms with Gasteiger partial charge >= 0.3 is 6.03 Å². The van der Waals surface area contributed by atoms with Crippen LogP contribution in [0.2, 0.25) is 0 Å². The Morgan fingerprint density at radius 1 is 1.29 bits per heavy atom. The fourth-order valence-corrected chi connectivity index (χ4v) is 2.15. The highest BCUT2D eigenvalue weighted by atomic mass is 79.9. The first-order chi connectivity index (χ1) is 9.67. The molecule has 0 spiro atoms. The highest BCUT2D eigenvalue weighted by molar-refractivity contribution is 9.10. The van der Waals surface area contributed by atoms with Crippen LogP contribution in [0.3, 0.4) is 0 Å². The molecule has 6 heteroatoms. The molecule has 0 aliphatic heterocycles. The maximum absolute atomic E-state index is 11.8. The van der Waals surface area contributed by atoms with Crippen LogP contribution in [0.15, 0.2) is 28.7 Å². The Labute approximate surface area is 134 Å². The van der Waals surface area contributed by atoms with Gasteiger partial charge in [0, 0.05) is 10.0 Å². The summed E-state index contributed by atoms with van der Waals surface area (Å²) in [5.74, 6) is -0.215. The summed E-state index contributed by atoms with van der Waals surface area (Å²) in [5, 5.41) is 8.12. The molecule has 3 N–H and O–H groups in total. The summed E-state index contributed by atoms with van der Waals surface area (Å²) in [6.45, 7) is 7.51. The van der Waals surface area contributed by atoms with Crippen molar-refractivity contribution < 1.29 is 9.59 Å². The number of carbonyl (C=O) groups excluding carboxylic acids is 2. The molecule has 1 aromatic carbocycles. The number of benzene rings is 1. The lowest BCUT2D eigenvalue weighted by atomic mass is 10.1. The molecule has 0 saturated carbocycles. The predicted molar refractivity (Wildman–Crippen MR) is 87.0 cm³/mol. The lowest BCUT2D eigenvalue weighted by Gasteiger charge is -2.21. The first-order valence-electron chi connectivity index (χ1n) is 6.78. The van der Waals surface area contributed by atoms with Gasteiger partial charge in [-0.15, -0.1) is 0 Å². The minimum Gasteiger partial charge on any atom is -0.350 e. The van der Waals surface area contributed by atoms with E-state index in [9.17, 15) is 9.59 Å². The summed E-state index contributed by atoms with van der Waals surface area (Å²) in [5.41, 5.74) is 0.678. The van der Waals surface area contributed by atoms with Crippen molar-refractivity contribution in [2.24, 2.45) is 0 Å². The van der Waals surface area contributed by atoms with E-state index in [4.69, 9.17) is 0 Å². The largest absolute Gasteiger partial charge is 0.350 e. The van der Waals surface area contributed by atoms with Crippen molar-refractivity contribution >= 4 is 27.9 Å². The van der Waals surface area contributed by atoms with Gasteiger partial charge in [0.1, 0.15) is 0 Å². The number of nitrogens with one attached hydrogen (secondary N) is 3. The topological polar surface area (TPSA) is 70.2 Å². The predicted octanol–water partition coefficient (Wildman–Crippen LogP) is 2.72. The van der Waals surface area contributed by atoms with Gasteiger partial charge in [-0.05, 0) is 45.4 Å². The van der Waals surface area contributed by atoms with Gasteiger partial charge in [0.25, 0.3) is 0 Å². The van der Waals surface area contributed by atoms with Crippen LogP contribution >= 0.6 is 15.9 Å². The van der Waals surface area contributed by atoms with E-state index in [0.717, 1.165) is 10.0 Å². The highest BCUT2D eigenvalue weighted by Crippen LogP contribution is 2.17. The van der Waals surface area contributed by atoms with Crippen LogP contribution in [0.4, 0.5) is 4.79 Å². The third kappa shape index (κ3) is 7.13. The van der Waals surface area contributed by atoms with Crippen LogP contribution in [0.1, 0.15) is 39.3 Å². The molecule has 0 fully saturated rings. The van der Waals surface area contributed by atoms with Crippen molar-refractivity contribution in [2.45, 2.75) is 39.3 Å². The zero-order valence-electron chi connectivity index (χ0n) is 12.8. The Morgan fingerprint density at radius 3 is 2.52 bits per heavy atom. The van der Waals surface area contributed by atoms with Gasteiger partial charge in [0.05, 0.1) is 12.6 Å². The zero-order valence-corrected chi connectivity index (χ0v) is 14.4. The van der Waals surface area contributed by atoms with Crippen molar-refractivity contribution in [3.63, 3.8) is 0 Å². The molecule has 1 rings (SSSR count). The molecule has 0 bridgehead atoms.